The van der Waals surface area contributed by atoms with Gasteiger partial charge in [-0.05, 0) is 12.8 Å². The fraction of sp³-hybridized carbons (Fsp3) is 0.765. The first-order valence-corrected chi connectivity index (χ1v) is 8.28. The normalized spacial score (nSPS) is 30.7. The SMILES string of the molecule is C1=CCC(CCCCB2C3CCCC2CCC3)=C1. The van der Waals surface area contributed by atoms with E-state index in [0.29, 0.717) is 0 Å². The van der Waals surface area contributed by atoms with Crippen LogP contribution in [0.5, 0.6) is 0 Å². The molecule has 0 aromatic carbocycles. The van der Waals surface area contributed by atoms with Crippen LogP contribution in [0.15, 0.2) is 23.8 Å². The first-order valence-electron chi connectivity index (χ1n) is 8.28. The Bertz CT molecular complexity index is 307. The van der Waals surface area contributed by atoms with Gasteiger partial charge >= 0.3 is 0 Å². The van der Waals surface area contributed by atoms with Crippen molar-refractivity contribution in [3.63, 3.8) is 0 Å². The Hall–Kier alpha value is -0.455. The van der Waals surface area contributed by atoms with Crippen molar-refractivity contribution in [3.05, 3.63) is 23.8 Å². The van der Waals surface area contributed by atoms with Crippen LogP contribution >= 0.6 is 0 Å². The van der Waals surface area contributed by atoms with Gasteiger partial charge in [0.05, 0.1) is 0 Å². The predicted octanol–water partition coefficient (Wildman–Crippen LogP) is 5.65. The minimum atomic E-state index is 1.11. The summed E-state index contributed by atoms with van der Waals surface area (Å²) in [6, 6.07) is 0. The van der Waals surface area contributed by atoms with Crippen LogP contribution in [0.2, 0.25) is 18.0 Å². The Morgan fingerprint density at radius 3 is 2.33 bits per heavy atom. The van der Waals surface area contributed by atoms with Crippen molar-refractivity contribution in [2.45, 2.75) is 82.2 Å². The second kappa shape index (κ2) is 6.13. The van der Waals surface area contributed by atoms with Gasteiger partial charge in [-0.15, -0.1) is 0 Å². The average molecular weight is 242 g/mol. The summed E-state index contributed by atoms with van der Waals surface area (Å²) in [6.07, 6.45) is 23.2. The highest BCUT2D eigenvalue weighted by molar-refractivity contribution is 6.62. The van der Waals surface area contributed by atoms with E-state index in [1.165, 1.54) is 44.8 Å². The van der Waals surface area contributed by atoms with E-state index in [-0.39, 0.29) is 0 Å². The van der Waals surface area contributed by atoms with Crippen LogP contribution in [0.3, 0.4) is 0 Å². The lowest BCUT2D eigenvalue weighted by molar-refractivity contribution is 0.440. The molecule has 98 valence electrons. The van der Waals surface area contributed by atoms with Crippen molar-refractivity contribution in [1.82, 2.24) is 0 Å². The number of fused-ring (bicyclic) bond motifs is 2. The van der Waals surface area contributed by atoms with Crippen LogP contribution in [0.1, 0.15) is 64.2 Å². The highest BCUT2D eigenvalue weighted by Crippen LogP contribution is 2.48. The summed E-state index contributed by atoms with van der Waals surface area (Å²) in [4.78, 5) is 0. The molecule has 0 amide bonds. The third-order valence-corrected chi connectivity index (χ3v) is 5.64. The van der Waals surface area contributed by atoms with E-state index in [2.05, 4.69) is 18.2 Å². The molecular weight excluding hydrogens is 215 g/mol. The monoisotopic (exact) mass is 242 g/mol. The van der Waals surface area contributed by atoms with E-state index in [4.69, 9.17) is 0 Å². The van der Waals surface area contributed by atoms with E-state index < -0.39 is 0 Å². The van der Waals surface area contributed by atoms with E-state index >= 15 is 0 Å². The molecule has 0 atom stereocenters. The first kappa shape index (κ1) is 12.6. The number of allylic oxidation sites excluding steroid dienone is 4. The smallest absolute Gasteiger partial charge is 0.0805 e. The molecule has 18 heavy (non-hydrogen) atoms. The van der Waals surface area contributed by atoms with Gasteiger partial charge in [0.15, 0.2) is 0 Å². The topological polar surface area (TPSA) is 0 Å². The van der Waals surface area contributed by atoms with Crippen LogP contribution in [-0.4, -0.2) is 6.71 Å². The Labute approximate surface area is 113 Å². The molecule has 0 aromatic rings. The molecule has 2 aliphatic heterocycles. The minimum Gasteiger partial charge on any atom is -0.0805 e. The highest BCUT2D eigenvalue weighted by atomic mass is 14.2. The van der Waals surface area contributed by atoms with Crippen molar-refractivity contribution in [2.75, 3.05) is 0 Å². The van der Waals surface area contributed by atoms with Gasteiger partial charge in [0.1, 0.15) is 6.71 Å². The molecule has 2 heterocycles. The summed E-state index contributed by atoms with van der Waals surface area (Å²) in [7, 11) is 0. The van der Waals surface area contributed by atoms with Crippen LogP contribution < -0.4 is 0 Å². The highest BCUT2D eigenvalue weighted by Gasteiger charge is 2.37. The largest absolute Gasteiger partial charge is 0.146 e. The van der Waals surface area contributed by atoms with Gasteiger partial charge in [-0.2, -0.15) is 0 Å². The van der Waals surface area contributed by atoms with Crippen LogP contribution in [0.4, 0.5) is 0 Å². The molecule has 0 spiro atoms. The summed E-state index contributed by atoms with van der Waals surface area (Å²) in [5, 5.41) is 0. The fourth-order valence-corrected chi connectivity index (χ4v) is 4.69. The fourth-order valence-electron chi connectivity index (χ4n) is 4.69. The third kappa shape index (κ3) is 2.92. The molecule has 1 heteroatoms. The zero-order valence-electron chi connectivity index (χ0n) is 11.7. The van der Waals surface area contributed by atoms with E-state index in [1.54, 1.807) is 31.3 Å². The number of rotatable bonds is 5. The Morgan fingerprint density at radius 2 is 1.72 bits per heavy atom. The quantitative estimate of drug-likeness (QED) is 0.432. The van der Waals surface area contributed by atoms with Crippen molar-refractivity contribution < 1.29 is 0 Å². The van der Waals surface area contributed by atoms with Crippen LogP contribution in [-0.2, 0) is 0 Å². The maximum Gasteiger partial charge on any atom is 0.146 e. The van der Waals surface area contributed by atoms with Crippen LogP contribution in [0.25, 0.3) is 0 Å². The van der Waals surface area contributed by atoms with Crippen LogP contribution in [0, 0.1) is 0 Å². The summed E-state index contributed by atoms with van der Waals surface area (Å²) in [6.45, 7) is 1.11. The standard InChI is InChI=1S/C17H27B/c1-2-8-15(7-1)9-3-4-14-18-16-10-5-11-17(18)13-6-12-16/h1-2,7,16-17H,3-6,8-14H2. The molecule has 0 nitrogen and oxygen atoms in total. The Kier molecular flexibility index (Phi) is 4.28. The second-order valence-electron chi connectivity index (χ2n) is 6.75. The van der Waals surface area contributed by atoms with Gasteiger partial charge < -0.3 is 0 Å². The molecule has 0 N–H and O–H groups in total. The van der Waals surface area contributed by atoms with E-state index in [0.717, 1.165) is 18.3 Å². The average Bonchev–Trinajstić information content (AvgIpc) is 2.87. The molecular formula is C17H27B. The molecule has 0 saturated carbocycles. The summed E-state index contributed by atoms with van der Waals surface area (Å²) in [5.74, 6) is 2.23. The van der Waals surface area contributed by atoms with Crippen molar-refractivity contribution in [1.29, 1.82) is 0 Å². The zero-order chi connectivity index (χ0) is 12.2. The molecule has 0 unspecified atom stereocenters. The molecule has 2 bridgehead atoms. The molecule has 3 aliphatic rings. The minimum absolute atomic E-state index is 1.11. The third-order valence-electron chi connectivity index (χ3n) is 5.64. The van der Waals surface area contributed by atoms with Gasteiger partial charge in [-0.25, -0.2) is 0 Å². The van der Waals surface area contributed by atoms with Gasteiger partial charge in [0, 0.05) is 0 Å². The lowest BCUT2D eigenvalue weighted by Crippen LogP contribution is -2.34. The van der Waals surface area contributed by atoms with Crippen molar-refractivity contribution in [3.8, 4) is 0 Å². The Balaban J connectivity index is 1.39. The molecule has 0 radical (unpaired) electrons. The molecule has 3 rings (SSSR count). The Morgan fingerprint density at radius 1 is 1.00 bits per heavy atom. The summed E-state index contributed by atoms with van der Waals surface area (Å²) in [5.41, 5.74) is 1.67. The number of unbranched alkanes of at least 4 members (excludes halogenated alkanes) is 1. The van der Waals surface area contributed by atoms with Gasteiger partial charge in [0.25, 0.3) is 0 Å². The lowest BCUT2D eigenvalue weighted by Gasteiger charge is -2.40. The first-order chi connectivity index (χ1) is 8.93. The van der Waals surface area contributed by atoms with Crippen molar-refractivity contribution >= 4 is 6.71 Å². The number of hydrogen-bond acceptors (Lipinski definition) is 0. The number of hydrogen-bond donors (Lipinski definition) is 0. The van der Waals surface area contributed by atoms with E-state index in [9.17, 15) is 0 Å². The van der Waals surface area contributed by atoms with E-state index in [1.807, 2.05) is 0 Å². The predicted molar refractivity (Wildman–Crippen MR) is 81.5 cm³/mol. The van der Waals surface area contributed by atoms with Gasteiger partial charge in [-0.1, -0.05) is 93.1 Å². The van der Waals surface area contributed by atoms with Crippen molar-refractivity contribution in [2.24, 2.45) is 0 Å². The summed E-state index contributed by atoms with van der Waals surface area (Å²) < 4.78 is 0. The van der Waals surface area contributed by atoms with Gasteiger partial charge in [0.2, 0.25) is 0 Å². The maximum atomic E-state index is 2.33. The molecule has 2 fully saturated rings. The maximum absolute atomic E-state index is 2.33. The summed E-state index contributed by atoms with van der Waals surface area (Å²) >= 11 is 0. The van der Waals surface area contributed by atoms with Gasteiger partial charge in [-0.3, -0.25) is 0 Å². The zero-order valence-corrected chi connectivity index (χ0v) is 11.7. The molecule has 1 aliphatic carbocycles. The molecule has 0 aromatic heterocycles. The second-order valence-corrected chi connectivity index (χ2v) is 6.75. The lowest BCUT2D eigenvalue weighted by atomic mass is 9.26. The molecule has 2 saturated heterocycles.